The molecule has 0 aliphatic rings. The molecule has 4 aromatic rings. The normalized spacial score (nSPS) is 12.8. The number of hydrogen-bond acceptors (Lipinski definition) is 13. The lowest BCUT2D eigenvalue weighted by molar-refractivity contribution is -0.146. The van der Waals surface area contributed by atoms with Crippen molar-refractivity contribution in [2.24, 2.45) is 17.6 Å². The van der Waals surface area contributed by atoms with E-state index in [1.165, 1.54) is 0 Å². The molecule has 0 saturated carbocycles. The monoisotopic (exact) mass is 1080 g/mol. The first-order valence-corrected chi connectivity index (χ1v) is 25.9. The second kappa shape index (κ2) is 33.5. The molecule has 21 nitrogen and oxygen atoms in total. The number of nitrogens with one attached hydrogen (secondary N) is 8. The summed E-state index contributed by atoms with van der Waals surface area (Å²) in [7, 11) is 0. The number of hydrogen-bond donors (Lipinski definition) is 9. The Labute approximate surface area is 454 Å². The zero-order valence-corrected chi connectivity index (χ0v) is 44.6. The van der Waals surface area contributed by atoms with E-state index in [4.69, 9.17) is 15.2 Å². The third-order valence-corrected chi connectivity index (χ3v) is 11.7. The molecule has 5 atom stereocenters. The molecular weight excluding hydrogens is 1000 g/mol. The molecule has 0 heterocycles. The van der Waals surface area contributed by atoms with Gasteiger partial charge in [-0.2, -0.15) is 0 Å². The van der Waals surface area contributed by atoms with Crippen molar-refractivity contribution in [1.29, 1.82) is 0 Å². The van der Waals surface area contributed by atoms with Crippen LogP contribution in [0, 0.1) is 11.8 Å². The fourth-order valence-electron chi connectivity index (χ4n) is 7.69. The molecule has 5 unspecified atom stereocenters. The van der Waals surface area contributed by atoms with Gasteiger partial charge in [-0.3, -0.25) is 47.9 Å². The van der Waals surface area contributed by atoms with Crippen LogP contribution in [0.2, 0.25) is 0 Å². The maximum atomic E-state index is 13.8. The summed E-state index contributed by atoms with van der Waals surface area (Å²) < 4.78 is 10.5. The summed E-state index contributed by atoms with van der Waals surface area (Å²) in [6, 6.07) is 29.9. The molecule has 4 rings (SSSR count). The van der Waals surface area contributed by atoms with Crippen LogP contribution in [0.4, 0.5) is 0 Å². The topological polar surface area (TPSA) is 311 Å². The summed E-state index contributed by atoms with van der Waals surface area (Å²) in [4.78, 5) is 131. The lowest BCUT2D eigenvalue weighted by Gasteiger charge is -2.24. The number of amides is 8. The maximum absolute atomic E-state index is 13.8. The predicted octanol–water partition coefficient (Wildman–Crippen LogP) is 1.56. The standard InChI is InChI=1S/C57H73N9O12/c1-37(2)27-44(54(73)61-33-51(70)77-35-41-21-13-7-14-22-41)65-56(75)46(29-39-17-9-5-10-18-39)63-49(68)31-59-48(67)26-25-43(58)53(72)60-32-50(69)64-47(30-40-19-11-6-12-20-40)57(76)66-45(28-38(3)4)55(74)62-34-52(71)78-36-42-23-15-8-16-24-42/h5-24,37-38,43-47H,25-36,58H2,1-4H3,(H,59,67)(H,60,72)(H,61,73)(H,62,74)(H,63,68)(H,64,69)(H,65,75)(H,66,76). The number of ether oxygens (including phenoxy) is 2. The highest BCUT2D eigenvalue weighted by Crippen LogP contribution is 2.11. The van der Waals surface area contributed by atoms with E-state index in [-0.39, 0.29) is 63.6 Å². The highest BCUT2D eigenvalue weighted by Gasteiger charge is 2.30. The van der Waals surface area contributed by atoms with Crippen molar-refractivity contribution in [3.63, 3.8) is 0 Å². The zero-order valence-electron chi connectivity index (χ0n) is 44.6. The lowest BCUT2D eigenvalue weighted by atomic mass is 10.0. The highest BCUT2D eigenvalue weighted by atomic mass is 16.5. The average Bonchev–Trinajstić information content (AvgIpc) is 3.42. The molecule has 4 aromatic carbocycles. The third-order valence-electron chi connectivity index (χ3n) is 11.7. The van der Waals surface area contributed by atoms with Crippen LogP contribution in [-0.2, 0) is 83.5 Å². The molecular formula is C57H73N9O12. The summed E-state index contributed by atoms with van der Waals surface area (Å²) >= 11 is 0. The molecule has 0 radical (unpaired) electrons. The van der Waals surface area contributed by atoms with E-state index in [2.05, 4.69) is 42.5 Å². The smallest absolute Gasteiger partial charge is 0.325 e. The Balaban J connectivity index is 1.26. The molecule has 418 valence electrons. The van der Waals surface area contributed by atoms with Gasteiger partial charge in [0.25, 0.3) is 0 Å². The Morgan fingerprint density at radius 1 is 0.397 bits per heavy atom. The Morgan fingerprint density at radius 2 is 0.744 bits per heavy atom. The van der Waals surface area contributed by atoms with Crippen molar-refractivity contribution in [1.82, 2.24) is 42.5 Å². The molecule has 8 amide bonds. The van der Waals surface area contributed by atoms with Gasteiger partial charge in [0, 0.05) is 19.3 Å². The Morgan fingerprint density at radius 3 is 1.12 bits per heavy atom. The van der Waals surface area contributed by atoms with Gasteiger partial charge in [-0.1, -0.05) is 149 Å². The first kappa shape index (κ1) is 62.1. The lowest BCUT2D eigenvalue weighted by Crippen LogP contribution is -2.56. The van der Waals surface area contributed by atoms with E-state index in [0.717, 1.165) is 11.1 Å². The minimum atomic E-state index is -1.26. The van der Waals surface area contributed by atoms with Crippen LogP contribution in [0.1, 0.15) is 75.6 Å². The Bertz CT molecular complexity index is 2590. The number of carbonyl (C=O) groups is 10. The van der Waals surface area contributed by atoms with E-state index in [9.17, 15) is 47.9 Å². The molecule has 0 aliphatic heterocycles. The molecule has 0 aromatic heterocycles. The summed E-state index contributed by atoms with van der Waals surface area (Å²) in [6.07, 6.45) is -0.0124. The average molecular weight is 1080 g/mol. The quantitative estimate of drug-likeness (QED) is 0.0314. The molecule has 0 saturated heterocycles. The second-order valence-corrected chi connectivity index (χ2v) is 19.4. The van der Waals surface area contributed by atoms with Gasteiger partial charge in [-0.15, -0.1) is 0 Å². The number of benzene rings is 4. The molecule has 0 spiro atoms. The molecule has 0 fully saturated rings. The van der Waals surface area contributed by atoms with Gasteiger partial charge in [-0.05, 0) is 53.4 Å². The predicted molar refractivity (Wildman–Crippen MR) is 289 cm³/mol. The Kier molecular flexibility index (Phi) is 26.7. The van der Waals surface area contributed by atoms with Crippen molar-refractivity contribution in [2.45, 2.75) is 110 Å². The van der Waals surface area contributed by atoms with Gasteiger partial charge in [0.05, 0.1) is 19.1 Å². The summed E-state index contributed by atoms with van der Waals surface area (Å²) in [5.74, 6) is -6.99. The van der Waals surface area contributed by atoms with Crippen LogP contribution < -0.4 is 48.3 Å². The van der Waals surface area contributed by atoms with Crippen LogP contribution in [0.3, 0.4) is 0 Å². The molecule has 78 heavy (non-hydrogen) atoms. The van der Waals surface area contributed by atoms with Crippen LogP contribution in [0.25, 0.3) is 0 Å². The first-order valence-electron chi connectivity index (χ1n) is 25.9. The van der Waals surface area contributed by atoms with Crippen LogP contribution >= 0.6 is 0 Å². The third kappa shape index (κ3) is 24.5. The first-order chi connectivity index (χ1) is 37.3. The van der Waals surface area contributed by atoms with Crippen LogP contribution in [0.15, 0.2) is 121 Å². The van der Waals surface area contributed by atoms with Gasteiger partial charge in [0.1, 0.15) is 50.5 Å². The minimum absolute atomic E-state index is 0.0177. The Hall–Kier alpha value is -8.46. The van der Waals surface area contributed by atoms with E-state index in [1.807, 2.05) is 39.8 Å². The summed E-state index contributed by atoms with van der Waals surface area (Å²) in [6.45, 7) is 5.43. The summed E-state index contributed by atoms with van der Waals surface area (Å²) in [5, 5.41) is 20.6. The minimum Gasteiger partial charge on any atom is -0.460 e. The SMILES string of the molecule is CC(C)CC(NC(=O)C(Cc1ccccc1)NC(=O)CNC(=O)CCC(N)C(=O)NCC(=O)NC(Cc1ccccc1)C(=O)NC(CC(C)C)C(=O)NCC(=O)OCc1ccccc1)C(=O)NCC(=O)OCc1ccccc1. The molecule has 0 aliphatic carbocycles. The molecule has 10 N–H and O–H groups in total. The molecule has 0 bridgehead atoms. The highest BCUT2D eigenvalue weighted by molar-refractivity contribution is 5.95. The maximum Gasteiger partial charge on any atom is 0.325 e. The van der Waals surface area contributed by atoms with Gasteiger partial charge in [-0.25, -0.2) is 0 Å². The number of nitrogens with two attached hydrogens (primary N) is 1. The molecule has 21 heteroatoms. The van der Waals surface area contributed by atoms with E-state index >= 15 is 0 Å². The number of rotatable bonds is 32. The van der Waals surface area contributed by atoms with Crippen molar-refractivity contribution < 1.29 is 57.4 Å². The number of esters is 2. The summed E-state index contributed by atoms with van der Waals surface area (Å²) in [5.41, 5.74) is 8.99. The van der Waals surface area contributed by atoms with E-state index in [1.54, 1.807) is 109 Å². The van der Waals surface area contributed by atoms with E-state index < -0.39 is 116 Å². The van der Waals surface area contributed by atoms with Gasteiger partial charge in [0.15, 0.2) is 0 Å². The number of carbonyl (C=O) groups excluding carboxylic acids is 10. The van der Waals surface area contributed by atoms with Crippen molar-refractivity contribution in [3.8, 4) is 0 Å². The van der Waals surface area contributed by atoms with Crippen LogP contribution in [-0.4, -0.2) is 116 Å². The van der Waals surface area contributed by atoms with Crippen molar-refractivity contribution >= 4 is 59.2 Å². The largest absolute Gasteiger partial charge is 0.460 e. The fraction of sp³-hybridized carbons (Fsp3) is 0.404. The zero-order chi connectivity index (χ0) is 56.8. The van der Waals surface area contributed by atoms with E-state index in [0.29, 0.717) is 11.1 Å². The van der Waals surface area contributed by atoms with Crippen LogP contribution in [0.5, 0.6) is 0 Å². The van der Waals surface area contributed by atoms with Gasteiger partial charge >= 0.3 is 11.9 Å². The van der Waals surface area contributed by atoms with Crippen molar-refractivity contribution in [2.75, 3.05) is 26.2 Å². The van der Waals surface area contributed by atoms with Gasteiger partial charge in [0.2, 0.25) is 47.3 Å². The van der Waals surface area contributed by atoms with Gasteiger partial charge < -0.3 is 57.7 Å². The fourth-order valence-corrected chi connectivity index (χ4v) is 7.69. The van der Waals surface area contributed by atoms with Crippen molar-refractivity contribution in [3.05, 3.63) is 144 Å². The second-order valence-electron chi connectivity index (χ2n) is 19.4.